The highest BCUT2D eigenvalue weighted by molar-refractivity contribution is 6.36. The lowest BCUT2D eigenvalue weighted by atomic mass is 10.1. The highest BCUT2D eigenvalue weighted by atomic mass is 35.5. The number of benzene rings is 2. The van der Waals surface area contributed by atoms with Crippen LogP contribution in [0.25, 0.3) is 0 Å². The second-order valence-corrected chi connectivity index (χ2v) is 5.90. The third-order valence-corrected chi connectivity index (χ3v) is 4.38. The highest BCUT2D eigenvalue weighted by Crippen LogP contribution is 2.39. The van der Waals surface area contributed by atoms with Gasteiger partial charge in [-0.25, -0.2) is 0 Å². The number of nitrogens with one attached hydrogen (secondary N) is 1. The van der Waals surface area contributed by atoms with E-state index in [9.17, 15) is 4.79 Å². The summed E-state index contributed by atoms with van der Waals surface area (Å²) in [5, 5.41) is 3.98. The van der Waals surface area contributed by atoms with E-state index in [0.717, 1.165) is 5.56 Å². The van der Waals surface area contributed by atoms with E-state index in [2.05, 4.69) is 5.32 Å². The van der Waals surface area contributed by atoms with Crippen LogP contribution in [0.15, 0.2) is 30.3 Å². The fourth-order valence-corrected chi connectivity index (χ4v) is 3.03. The molecule has 0 aliphatic rings. The van der Waals surface area contributed by atoms with Crippen molar-refractivity contribution in [2.45, 2.75) is 6.42 Å². The van der Waals surface area contributed by atoms with E-state index in [4.69, 9.17) is 37.4 Å². The Hall–Kier alpha value is -2.11. The van der Waals surface area contributed by atoms with Crippen molar-refractivity contribution in [1.29, 1.82) is 0 Å². The molecule has 5 nitrogen and oxygen atoms in total. The molecule has 2 aromatic rings. The Labute approximate surface area is 156 Å². The molecule has 25 heavy (non-hydrogen) atoms. The molecule has 0 saturated carbocycles. The molecule has 1 amide bonds. The first kappa shape index (κ1) is 19.2. The molecule has 7 heteroatoms. The molecular weight excluding hydrogens is 365 g/mol. The Balaban J connectivity index is 2.13. The fourth-order valence-electron chi connectivity index (χ4n) is 2.45. The van der Waals surface area contributed by atoms with Gasteiger partial charge in [0.15, 0.2) is 11.5 Å². The van der Waals surface area contributed by atoms with Crippen LogP contribution in [0.2, 0.25) is 10.0 Å². The summed E-state index contributed by atoms with van der Waals surface area (Å²) in [6.45, 7) is 0.375. The van der Waals surface area contributed by atoms with Crippen molar-refractivity contribution in [2.24, 2.45) is 0 Å². The summed E-state index contributed by atoms with van der Waals surface area (Å²) in [6, 6.07) is 8.59. The van der Waals surface area contributed by atoms with Gasteiger partial charge in [0, 0.05) is 16.6 Å². The minimum absolute atomic E-state index is 0.291. The van der Waals surface area contributed by atoms with E-state index < -0.39 is 0 Å². The van der Waals surface area contributed by atoms with Crippen LogP contribution < -0.4 is 19.5 Å². The number of halogens is 2. The number of carbonyl (C=O) groups is 1. The van der Waals surface area contributed by atoms with Crippen LogP contribution in [0.3, 0.4) is 0 Å². The van der Waals surface area contributed by atoms with E-state index >= 15 is 0 Å². The molecule has 0 radical (unpaired) electrons. The summed E-state index contributed by atoms with van der Waals surface area (Å²) in [6.07, 6.45) is 0.514. The van der Waals surface area contributed by atoms with Gasteiger partial charge < -0.3 is 19.5 Å². The Morgan fingerprint density at radius 3 is 2.16 bits per heavy atom. The van der Waals surface area contributed by atoms with E-state index in [1.54, 1.807) is 30.3 Å². The standard InChI is InChI=1S/C18H19Cl2NO4/c1-23-15-8-7-12(16(24-2)17(15)25-3)18(22)21-10-9-11-13(19)5-4-6-14(11)20/h4-8H,9-10H2,1-3H3,(H,21,22). The SMILES string of the molecule is COc1ccc(C(=O)NCCc2c(Cl)cccc2Cl)c(OC)c1OC. The zero-order valence-electron chi connectivity index (χ0n) is 14.2. The quantitative estimate of drug-likeness (QED) is 0.784. The second kappa shape index (κ2) is 8.83. The molecule has 0 bridgehead atoms. The predicted octanol–water partition coefficient (Wildman–Crippen LogP) is 3.99. The zero-order valence-corrected chi connectivity index (χ0v) is 15.7. The van der Waals surface area contributed by atoms with Gasteiger partial charge in [-0.05, 0) is 36.2 Å². The average Bonchev–Trinajstić information content (AvgIpc) is 2.62. The van der Waals surface area contributed by atoms with Gasteiger partial charge in [-0.2, -0.15) is 0 Å². The largest absolute Gasteiger partial charge is 0.493 e. The van der Waals surface area contributed by atoms with Gasteiger partial charge in [0.1, 0.15) is 0 Å². The van der Waals surface area contributed by atoms with Crippen molar-refractivity contribution in [1.82, 2.24) is 5.32 Å². The van der Waals surface area contributed by atoms with Crippen LogP contribution in [0.4, 0.5) is 0 Å². The third-order valence-electron chi connectivity index (χ3n) is 3.67. The first-order chi connectivity index (χ1) is 12.0. The molecule has 1 N–H and O–H groups in total. The third kappa shape index (κ3) is 4.30. The zero-order chi connectivity index (χ0) is 18.4. The molecular formula is C18H19Cl2NO4. The molecule has 0 aliphatic carbocycles. The summed E-state index contributed by atoms with van der Waals surface area (Å²) >= 11 is 12.3. The lowest BCUT2D eigenvalue weighted by Crippen LogP contribution is -2.26. The molecule has 0 atom stereocenters. The average molecular weight is 384 g/mol. The van der Waals surface area contributed by atoms with Crippen molar-refractivity contribution in [2.75, 3.05) is 27.9 Å². The maximum atomic E-state index is 12.5. The van der Waals surface area contributed by atoms with Gasteiger partial charge in [0.2, 0.25) is 5.75 Å². The number of amides is 1. The van der Waals surface area contributed by atoms with E-state index in [0.29, 0.717) is 45.8 Å². The summed E-state index contributed by atoms with van der Waals surface area (Å²) in [5.41, 5.74) is 1.15. The van der Waals surface area contributed by atoms with Gasteiger partial charge >= 0.3 is 0 Å². The number of hydrogen-bond donors (Lipinski definition) is 1. The van der Waals surface area contributed by atoms with Gasteiger partial charge in [0.05, 0.1) is 26.9 Å². The minimum atomic E-state index is -0.291. The Morgan fingerprint density at radius 1 is 0.960 bits per heavy atom. The van der Waals surface area contributed by atoms with E-state index in [1.807, 2.05) is 0 Å². The molecule has 2 rings (SSSR count). The highest BCUT2D eigenvalue weighted by Gasteiger charge is 2.20. The van der Waals surface area contributed by atoms with Crippen molar-refractivity contribution >= 4 is 29.1 Å². The van der Waals surface area contributed by atoms with E-state index in [1.165, 1.54) is 21.3 Å². The topological polar surface area (TPSA) is 56.8 Å². The van der Waals surface area contributed by atoms with Gasteiger partial charge in [-0.1, -0.05) is 29.3 Å². The van der Waals surface area contributed by atoms with Crippen LogP contribution in [0.5, 0.6) is 17.2 Å². The Bertz CT molecular complexity index is 745. The molecule has 0 aliphatic heterocycles. The van der Waals surface area contributed by atoms with E-state index in [-0.39, 0.29) is 5.91 Å². The first-order valence-electron chi connectivity index (χ1n) is 7.53. The summed E-state index contributed by atoms with van der Waals surface area (Å²) in [4.78, 5) is 12.5. The Morgan fingerprint density at radius 2 is 1.60 bits per heavy atom. The van der Waals surface area contributed by atoms with Crippen molar-refractivity contribution < 1.29 is 19.0 Å². The molecule has 0 saturated heterocycles. The maximum Gasteiger partial charge on any atom is 0.255 e. The van der Waals surface area contributed by atoms with Crippen LogP contribution in [0, 0.1) is 0 Å². The van der Waals surface area contributed by atoms with Gasteiger partial charge in [-0.15, -0.1) is 0 Å². The van der Waals surface area contributed by atoms with Crippen molar-refractivity contribution in [3.05, 3.63) is 51.5 Å². The summed E-state index contributed by atoms with van der Waals surface area (Å²) < 4.78 is 15.8. The minimum Gasteiger partial charge on any atom is -0.493 e. The van der Waals surface area contributed by atoms with Crippen LogP contribution in [-0.4, -0.2) is 33.8 Å². The molecule has 0 heterocycles. The van der Waals surface area contributed by atoms with Crippen LogP contribution >= 0.6 is 23.2 Å². The second-order valence-electron chi connectivity index (χ2n) is 5.09. The molecule has 0 spiro atoms. The normalized spacial score (nSPS) is 10.3. The number of ether oxygens (including phenoxy) is 3. The molecule has 0 fully saturated rings. The first-order valence-corrected chi connectivity index (χ1v) is 8.29. The molecule has 0 aromatic heterocycles. The van der Waals surface area contributed by atoms with Crippen LogP contribution in [0.1, 0.15) is 15.9 Å². The number of hydrogen-bond acceptors (Lipinski definition) is 4. The van der Waals surface area contributed by atoms with Gasteiger partial charge in [0.25, 0.3) is 5.91 Å². The fraction of sp³-hybridized carbons (Fsp3) is 0.278. The van der Waals surface area contributed by atoms with Crippen molar-refractivity contribution in [3.8, 4) is 17.2 Å². The lowest BCUT2D eigenvalue weighted by Gasteiger charge is -2.15. The summed E-state index contributed by atoms with van der Waals surface area (Å²) in [7, 11) is 4.48. The lowest BCUT2D eigenvalue weighted by molar-refractivity contribution is 0.0950. The monoisotopic (exact) mass is 383 g/mol. The number of rotatable bonds is 7. The van der Waals surface area contributed by atoms with Gasteiger partial charge in [-0.3, -0.25) is 4.79 Å². The summed E-state index contributed by atoms with van der Waals surface area (Å²) in [5.74, 6) is 0.877. The number of methoxy groups -OCH3 is 3. The number of carbonyl (C=O) groups excluding carboxylic acids is 1. The molecule has 134 valence electrons. The predicted molar refractivity (Wildman–Crippen MR) is 98.6 cm³/mol. The maximum absolute atomic E-state index is 12.5. The van der Waals surface area contributed by atoms with Crippen LogP contribution in [-0.2, 0) is 6.42 Å². The molecule has 0 unspecified atom stereocenters. The smallest absolute Gasteiger partial charge is 0.255 e. The molecule has 2 aromatic carbocycles. The van der Waals surface area contributed by atoms with Crippen molar-refractivity contribution in [3.63, 3.8) is 0 Å². The Kier molecular flexibility index (Phi) is 6.79.